The maximum Gasteiger partial charge on any atom is 0.407 e. The van der Waals surface area contributed by atoms with Crippen molar-refractivity contribution < 1.29 is 19.1 Å². The van der Waals surface area contributed by atoms with E-state index < -0.39 is 20.0 Å². The Morgan fingerprint density at radius 2 is 2.00 bits per heavy atom. The summed E-state index contributed by atoms with van der Waals surface area (Å²) in [6, 6.07) is 0. The Kier molecular flexibility index (Phi) is 5.85. The quantitative estimate of drug-likeness (QED) is 0.638. The van der Waals surface area contributed by atoms with Crippen molar-refractivity contribution in [3.8, 4) is 11.8 Å². The van der Waals surface area contributed by atoms with Gasteiger partial charge in [-0.2, -0.15) is 0 Å². The summed E-state index contributed by atoms with van der Waals surface area (Å²) in [6.45, 7) is 12.2. The Hall–Kier alpha value is -1.29. The summed E-state index contributed by atoms with van der Waals surface area (Å²) in [5, 5.41) is 9.03. The van der Waals surface area contributed by atoms with Crippen LogP contribution in [0.1, 0.15) is 20.8 Å². The van der Waals surface area contributed by atoms with Crippen LogP contribution in [0.5, 0.6) is 0 Å². The highest BCUT2D eigenvalue weighted by atomic mass is 28.4. The Balaban J connectivity index is 2.46. The van der Waals surface area contributed by atoms with Gasteiger partial charge in [0.25, 0.3) is 0 Å². The van der Waals surface area contributed by atoms with E-state index in [1.165, 1.54) is 4.90 Å². The molecule has 1 aliphatic heterocycles. The molecule has 0 aliphatic carbocycles. The minimum Gasteiger partial charge on any atom is -0.465 e. The average Bonchev–Trinajstić information content (AvgIpc) is 2.34. The predicted molar refractivity (Wildman–Crippen MR) is 89.4 cm³/mol. The number of hydrogen-bond donors (Lipinski definition) is 1. The number of likely N-dealkylation sites (tertiary alicyclic amines) is 1. The molecular weight excluding hydrogens is 298 g/mol. The van der Waals surface area contributed by atoms with E-state index in [0.29, 0.717) is 19.7 Å². The summed E-state index contributed by atoms with van der Waals surface area (Å²) in [5.41, 5.74) is -0.664. The monoisotopic (exact) mass is 325 g/mol. The molecule has 0 aromatic heterocycles. The van der Waals surface area contributed by atoms with Gasteiger partial charge in [-0.15, -0.1) is 0 Å². The molecule has 6 heteroatoms. The van der Waals surface area contributed by atoms with E-state index in [9.17, 15) is 4.79 Å². The smallest absolute Gasteiger partial charge is 0.407 e. The Labute approximate surface area is 134 Å². The summed E-state index contributed by atoms with van der Waals surface area (Å²) in [7, 11) is -0.168. The number of carboxylic acid groups (broad SMARTS) is 1. The van der Waals surface area contributed by atoms with E-state index in [1.807, 2.05) is 6.08 Å². The van der Waals surface area contributed by atoms with Crippen LogP contribution < -0.4 is 0 Å². The molecule has 22 heavy (non-hydrogen) atoms. The molecule has 1 aliphatic rings. The second-order valence-electron chi connectivity index (χ2n) is 7.08. The van der Waals surface area contributed by atoms with Crippen LogP contribution in [0.25, 0.3) is 0 Å². The molecule has 1 amide bonds. The molecule has 0 radical (unpaired) electrons. The second-order valence-corrected chi connectivity index (χ2v) is 11.9. The van der Waals surface area contributed by atoms with Crippen molar-refractivity contribution in [1.82, 2.24) is 4.90 Å². The Morgan fingerprint density at radius 3 is 2.45 bits per heavy atom. The van der Waals surface area contributed by atoms with Crippen LogP contribution in [0.2, 0.25) is 18.1 Å². The number of methoxy groups -OCH3 is 1. The first-order chi connectivity index (χ1) is 10.0. The molecule has 1 fully saturated rings. The average molecular weight is 325 g/mol. The fourth-order valence-corrected chi connectivity index (χ4v) is 2.66. The van der Waals surface area contributed by atoms with E-state index in [1.54, 1.807) is 13.2 Å². The van der Waals surface area contributed by atoms with Crippen molar-refractivity contribution in [1.29, 1.82) is 0 Å². The van der Waals surface area contributed by atoms with Crippen LogP contribution in [0.15, 0.2) is 12.2 Å². The molecule has 1 heterocycles. The van der Waals surface area contributed by atoms with Crippen LogP contribution in [0, 0.1) is 11.8 Å². The van der Waals surface area contributed by atoms with Gasteiger partial charge in [-0.3, -0.25) is 0 Å². The fraction of sp³-hybridized carbons (Fsp3) is 0.688. The minimum atomic E-state index is -1.72. The molecule has 0 atom stereocenters. The number of ether oxygens (including phenoxy) is 1. The van der Waals surface area contributed by atoms with E-state index >= 15 is 0 Å². The van der Waals surface area contributed by atoms with E-state index in [0.717, 1.165) is 0 Å². The summed E-state index contributed by atoms with van der Waals surface area (Å²) in [6.07, 6.45) is 2.70. The summed E-state index contributed by atoms with van der Waals surface area (Å²) >= 11 is 0. The van der Waals surface area contributed by atoms with Gasteiger partial charge >= 0.3 is 6.09 Å². The van der Waals surface area contributed by atoms with Crippen molar-refractivity contribution in [3.05, 3.63) is 12.2 Å². The molecule has 0 saturated carbocycles. The molecule has 1 rings (SSSR count). The van der Waals surface area contributed by atoms with Gasteiger partial charge < -0.3 is 19.2 Å². The summed E-state index contributed by atoms with van der Waals surface area (Å²) in [4.78, 5) is 12.1. The lowest BCUT2D eigenvalue weighted by Gasteiger charge is -2.43. The lowest BCUT2D eigenvalue weighted by molar-refractivity contribution is -0.0698. The molecule has 124 valence electrons. The number of nitrogens with zero attached hydrogens (tertiary/aromatic N) is 1. The van der Waals surface area contributed by atoms with Crippen molar-refractivity contribution in [2.75, 3.05) is 26.8 Å². The second kappa shape index (κ2) is 6.86. The Bertz CT molecular complexity index is 491. The van der Waals surface area contributed by atoms with Crippen LogP contribution >= 0.6 is 0 Å². The number of rotatable bonds is 4. The number of amides is 1. The standard InChI is InChI=1S/C16H27NO4Si/c1-15(2,3)22(5,6)21-11-9-7-8-10-16(20-4)12-17(13-16)14(18)19/h7,9H,11-13H2,1-6H3,(H,18,19)/b9-7+. The minimum absolute atomic E-state index is 0.193. The van der Waals surface area contributed by atoms with Gasteiger partial charge in [0.15, 0.2) is 13.9 Å². The van der Waals surface area contributed by atoms with Gasteiger partial charge in [-0.25, -0.2) is 4.79 Å². The third-order valence-corrected chi connectivity index (χ3v) is 8.90. The third-order valence-electron chi connectivity index (χ3n) is 4.40. The van der Waals surface area contributed by atoms with Gasteiger partial charge in [-0.1, -0.05) is 38.7 Å². The zero-order chi connectivity index (χ0) is 17.0. The van der Waals surface area contributed by atoms with Crippen LogP contribution in [0.4, 0.5) is 4.79 Å². The predicted octanol–water partition coefficient (Wildman–Crippen LogP) is 2.95. The van der Waals surface area contributed by atoms with E-state index in [2.05, 4.69) is 45.7 Å². The molecule has 0 spiro atoms. The first kappa shape index (κ1) is 18.8. The molecule has 0 unspecified atom stereocenters. The van der Waals surface area contributed by atoms with Crippen molar-refractivity contribution in [3.63, 3.8) is 0 Å². The van der Waals surface area contributed by atoms with Crippen LogP contribution in [-0.2, 0) is 9.16 Å². The highest BCUT2D eigenvalue weighted by Gasteiger charge is 2.44. The van der Waals surface area contributed by atoms with Gasteiger partial charge in [0.2, 0.25) is 0 Å². The molecular formula is C16H27NO4Si. The van der Waals surface area contributed by atoms with Crippen molar-refractivity contribution in [2.45, 2.75) is 44.5 Å². The molecule has 0 aromatic rings. The normalized spacial score (nSPS) is 17.8. The molecule has 5 nitrogen and oxygen atoms in total. The zero-order valence-electron chi connectivity index (χ0n) is 14.4. The van der Waals surface area contributed by atoms with E-state index in [4.69, 9.17) is 14.3 Å². The van der Waals surface area contributed by atoms with E-state index in [-0.39, 0.29) is 5.04 Å². The molecule has 0 bridgehead atoms. The fourth-order valence-electron chi connectivity index (χ4n) is 1.72. The van der Waals surface area contributed by atoms with Gasteiger partial charge in [0.1, 0.15) is 0 Å². The van der Waals surface area contributed by atoms with Crippen molar-refractivity contribution >= 4 is 14.4 Å². The summed E-state index contributed by atoms with van der Waals surface area (Å²) in [5.74, 6) is 5.91. The van der Waals surface area contributed by atoms with Gasteiger partial charge in [0.05, 0.1) is 19.7 Å². The third kappa shape index (κ3) is 4.60. The molecule has 1 N–H and O–H groups in total. The largest absolute Gasteiger partial charge is 0.465 e. The summed E-state index contributed by atoms with van der Waals surface area (Å²) < 4.78 is 11.3. The van der Waals surface area contributed by atoms with Crippen LogP contribution in [0.3, 0.4) is 0 Å². The first-order valence-corrected chi connectivity index (χ1v) is 10.3. The zero-order valence-corrected chi connectivity index (χ0v) is 15.4. The highest BCUT2D eigenvalue weighted by Crippen LogP contribution is 2.36. The Morgan fingerprint density at radius 1 is 1.41 bits per heavy atom. The van der Waals surface area contributed by atoms with Gasteiger partial charge in [-0.05, 0) is 24.2 Å². The topological polar surface area (TPSA) is 59.0 Å². The number of carbonyl (C=O) groups is 1. The maximum atomic E-state index is 10.8. The van der Waals surface area contributed by atoms with Gasteiger partial charge in [0, 0.05) is 7.11 Å². The maximum absolute atomic E-state index is 10.8. The lowest BCUT2D eigenvalue weighted by Crippen LogP contribution is -2.63. The SMILES string of the molecule is COC1(C#C/C=C/CO[Si](C)(C)C(C)(C)C)CN(C(=O)O)C1. The first-order valence-electron chi connectivity index (χ1n) is 7.38. The number of allylic oxidation sites excluding steroid dienone is 1. The van der Waals surface area contributed by atoms with Crippen LogP contribution in [-0.4, -0.2) is 56.8 Å². The number of hydrogen-bond acceptors (Lipinski definition) is 3. The highest BCUT2D eigenvalue weighted by molar-refractivity contribution is 6.74. The lowest BCUT2D eigenvalue weighted by atomic mass is 9.95. The molecule has 1 saturated heterocycles. The molecule has 0 aromatic carbocycles. The van der Waals surface area contributed by atoms with Crippen molar-refractivity contribution in [2.24, 2.45) is 0 Å².